The zero-order valence-corrected chi connectivity index (χ0v) is 18.3. The Morgan fingerprint density at radius 1 is 1.16 bits per heavy atom. The van der Waals surface area contributed by atoms with Crippen LogP contribution >= 0.6 is 11.6 Å². The molecular weight excluding hydrogens is 416 g/mol. The SMILES string of the molecule is C=CCOc1ccc(C2/C(=C(/O)c3ccc(Cl)cc3)C(=O)C(=O)N2CCN(C)C)cc1. The lowest BCUT2D eigenvalue weighted by Crippen LogP contribution is -2.35. The van der Waals surface area contributed by atoms with E-state index in [4.69, 9.17) is 16.3 Å². The minimum Gasteiger partial charge on any atom is -0.507 e. The van der Waals surface area contributed by atoms with Crippen LogP contribution in [0.1, 0.15) is 17.2 Å². The summed E-state index contributed by atoms with van der Waals surface area (Å²) in [7, 11) is 3.79. The van der Waals surface area contributed by atoms with Crippen LogP contribution in [0.2, 0.25) is 5.02 Å². The van der Waals surface area contributed by atoms with Crippen molar-refractivity contribution < 1.29 is 19.4 Å². The number of likely N-dealkylation sites (N-methyl/N-ethyl adjacent to an activating group) is 1. The number of ether oxygens (including phenoxy) is 1. The van der Waals surface area contributed by atoms with Gasteiger partial charge in [0.15, 0.2) is 0 Å². The summed E-state index contributed by atoms with van der Waals surface area (Å²) in [5, 5.41) is 11.5. The molecule has 3 rings (SSSR count). The number of aliphatic hydroxyl groups is 1. The fourth-order valence-electron chi connectivity index (χ4n) is 3.43. The van der Waals surface area contributed by atoms with Crippen LogP contribution in [0.25, 0.3) is 5.76 Å². The Hall–Kier alpha value is -3.09. The number of Topliss-reactive ketones (excluding diaryl/α,β-unsaturated/α-hetero) is 1. The highest BCUT2D eigenvalue weighted by atomic mass is 35.5. The zero-order chi connectivity index (χ0) is 22.5. The Morgan fingerprint density at radius 3 is 2.39 bits per heavy atom. The second-order valence-electron chi connectivity index (χ2n) is 7.47. The van der Waals surface area contributed by atoms with E-state index < -0.39 is 17.7 Å². The summed E-state index contributed by atoms with van der Waals surface area (Å²) in [5.74, 6) is -0.913. The van der Waals surface area contributed by atoms with Crippen LogP contribution in [0, 0.1) is 0 Å². The van der Waals surface area contributed by atoms with E-state index in [-0.39, 0.29) is 11.3 Å². The van der Waals surface area contributed by atoms with E-state index in [1.807, 2.05) is 19.0 Å². The van der Waals surface area contributed by atoms with Crippen LogP contribution < -0.4 is 4.74 Å². The fourth-order valence-corrected chi connectivity index (χ4v) is 3.56. The van der Waals surface area contributed by atoms with Crippen LogP contribution in [0.4, 0.5) is 0 Å². The molecule has 1 N–H and O–H groups in total. The molecule has 7 heteroatoms. The summed E-state index contributed by atoms with van der Waals surface area (Å²) in [6.45, 7) is 4.92. The summed E-state index contributed by atoms with van der Waals surface area (Å²) in [5.41, 5.74) is 1.19. The van der Waals surface area contributed by atoms with Gasteiger partial charge in [-0.25, -0.2) is 0 Å². The lowest BCUT2D eigenvalue weighted by molar-refractivity contribution is -0.140. The van der Waals surface area contributed by atoms with E-state index in [1.165, 1.54) is 4.90 Å². The van der Waals surface area contributed by atoms with Crippen LogP contribution in [-0.4, -0.2) is 60.4 Å². The molecule has 1 aliphatic heterocycles. The van der Waals surface area contributed by atoms with E-state index in [2.05, 4.69) is 6.58 Å². The van der Waals surface area contributed by atoms with Crippen molar-refractivity contribution in [2.45, 2.75) is 6.04 Å². The molecule has 1 amide bonds. The fraction of sp³-hybridized carbons (Fsp3) is 0.250. The van der Waals surface area contributed by atoms with Crippen molar-refractivity contribution in [3.05, 3.63) is 82.9 Å². The topological polar surface area (TPSA) is 70.1 Å². The van der Waals surface area contributed by atoms with Crippen molar-refractivity contribution in [2.75, 3.05) is 33.8 Å². The molecule has 1 saturated heterocycles. The normalized spacial score (nSPS) is 17.9. The zero-order valence-electron chi connectivity index (χ0n) is 17.5. The van der Waals surface area contributed by atoms with Crippen molar-refractivity contribution in [1.29, 1.82) is 0 Å². The van der Waals surface area contributed by atoms with E-state index in [9.17, 15) is 14.7 Å². The number of carbonyl (C=O) groups is 2. The van der Waals surface area contributed by atoms with Gasteiger partial charge in [-0.15, -0.1) is 0 Å². The Kier molecular flexibility index (Phi) is 7.15. The number of nitrogens with zero attached hydrogens (tertiary/aromatic N) is 2. The minimum atomic E-state index is -0.705. The van der Waals surface area contributed by atoms with Gasteiger partial charge in [0, 0.05) is 23.7 Å². The molecule has 1 fully saturated rings. The molecule has 1 atom stereocenters. The Balaban J connectivity index is 2.07. The molecule has 1 unspecified atom stereocenters. The number of hydrogen-bond donors (Lipinski definition) is 1. The maximum atomic E-state index is 12.9. The number of hydrogen-bond acceptors (Lipinski definition) is 5. The number of aliphatic hydroxyl groups excluding tert-OH is 1. The number of halogens is 1. The average molecular weight is 441 g/mol. The van der Waals surface area contributed by atoms with Gasteiger partial charge in [0.25, 0.3) is 11.7 Å². The number of carbonyl (C=O) groups excluding carboxylic acids is 2. The quantitative estimate of drug-likeness (QED) is 0.292. The summed E-state index contributed by atoms with van der Waals surface area (Å²) in [6.07, 6.45) is 1.65. The lowest BCUT2D eigenvalue weighted by Gasteiger charge is -2.26. The summed E-state index contributed by atoms with van der Waals surface area (Å²) in [4.78, 5) is 29.3. The first-order valence-electron chi connectivity index (χ1n) is 9.86. The molecular formula is C24H25ClN2O4. The van der Waals surface area contributed by atoms with E-state index in [1.54, 1.807) is 54.6 Å². The van der Waals surface area contributed by atoms with E-state index in [0.29, 0.717) is 41.6 Å². The third-order valence-electron chi connectivity index (χ3n) is 5.01. The number of benzene rings is 2. The molecule has 6 nitrogen and oxygen atoms in total. The second-order valence-corrected chi connectivity index (χ2v) is 7.91. The van der Waals surface area contributed by atoms with Crippen molar-refractivity contribution in [2.24, 2.45) is 0 Å². The molecule has 1 heterocycles. The maximum absolute atomic E-state index is 12.9. The van der Waals surface area contributed by atoms with Gasteiger partial charge in [-0.3, -0.25) is 9.59 Å². The summed E-state index contributed by atoms with van der Waals surface area (Å²) >= 11 is 5.95. The molecule has 0 aromatic heterocycles. The molecule has 2 aromatic rings. The first kappa shape index (κ1) is 22.6. The van der Waals surface area contributed by atoms with Crippen molar-refractivity contribution in [3.8, 4) is 5.75 Å². The minimum absolute atomic E-state index is 0.0610. The van der Waals surface area contributed by atoms with Gasteiger partial charge in [-0.05, 0) is 56.1 Å². The molecule has 31 heavy (non-hydrogen) atoms. The van der Waals surface area contributed by atoms with Crippen LogP contribution in [-0.2, 0) is 9.59 Å². The largest absolute Gasteiger partial charge is 0.507 e. The third kappa shape index (κ3) is 4.98. The van der Waals surface area contributed by atoms with Gasteiger partial charge < -0.3 is 19.6 Å². The monoisotopic (exact) mass is 440 g/mol. The molecule has 0 radical (unpaired) electrons. The third-order valence-corrected chi connectivity index (χ3v) is 5.26. The second kappa shape index (κ2) is 9.81. The summed E-state index contributed by atoms with van der Waals surface area (Å²) < 4.78 is 5.53. The number of ketones is 1. The first-order valence-corrected chi connectivity index (χ1v) is 10.2. The van der Waals surface area contributed by atoms with Gasteiger partial charge in [0.2, 0.25) is 0 Å². The summed E-state index contributed by atoms with van der Waals surface area (Å²) in [6, 6.07) is 12.9. The maximum Gasteiger partial charge on any atom is 0.295 e. The average Bonchev–Trinajstić information content (AvgIpc) is 3.01. The molecule has 1 aliphatic rings. The lowest BCUT2D eigenvalue weighted by atomic mass is 9.95. The van der Waals surface area contributed by atoms with Gasteiger partial charge in [0.1, 0.15) is 18.1 Å². The van der Waals surface area contributed by atoms with Gasteiger partial charge in [0.05, 0.1) is 11.6 Å². The predicted molar refractivity (Wildman–Crippen MR) is 121 cm³/mol. The van der Waals surface area contributed by atoms with Gasteiger partial charge in [-0.1, -0.05) is 36.4 Å². The standard InChI is InChI=1S/C24H25ClN2O4/c1-4-15-31-19-11-7-16(8-12-19)21-20(22(28)17-5-9-18(25)10-6-17)23(29)24(30)27(21)14-13-26(2)3/h4-12,21,28H,1,13-15H2,2-3H3/b22-20-. The molecule has 0 saturated carbocycles. The Labute approximate surface area is 187 Å². The Bertz CT molecular complexity index is 997. The van der Waals surface area contributed by atoms with Gasteiger partial charge in [-0.2, -0.15) is 0 Å². The molecule has 0 spiro atoms. The number of amides is 1. The van der Waals surface area contributed by atoms with Crippen LogP contribution in [0.3, 0.4) is 0 Å². The van der Waals surface area contributed by atoms with E-state index >= 15 is 0 Å². The highest BCUT2D eigenvalue weighted by Gasteiger charge is 2.45. The van der Waals surface area contributed by atoms with Crippen molar-refractivity contribution >= 4 is 29.1 Å². The number of likely N-dealkylation sites (tertiary alicyclic amines) is 1. The molecule has 162 valence electrons. The van der Waals surface area contributed by atoms with Crippen LogP contribution in [0.15, 0.2) is 66.8 Å². The predicted octanol–water partition coefficient (Wildman–Crippen LogP) is 3.89. The van der Waals surface area contributed by atoms with Gasteiger partial charge >= 0.3 is 0 Å². The smallest absolute Gasteiger partial charge is 0.295 e. The highest BCUT2D eigenvalue weighted by molar-refractivity contribution is 6.46. The Morgan fingerprint density at radius 2 is 1.81 bits per heavy atom. The highest BCUT2D eigenvalue weighted by Crippen LogP contribution is 2.39. The van der Waals surface area contributed by atoms with Crippen molar-refractivity contribution in [1.82, 2.24) is 9.80 Å². The molecule has 0 aliphatic carbocycles. The van der Waals surface area contributed by atoms with Crippen molar-refractivity contribution in [3.63, 3.8) is 0 Å². The number of rotatable bonds is 8. The molecule has 0 bridgehead atoms. The molecule has 2 aromatic carbocycles. The first-order chi connectivity index (χ1) is 14.8. The van der Waals surface area contributed by atoms with Crippen LogP contribution in [0.5, 0.6) is 5.75 Å². The van der Waals surface area contributed by atoms with E-state index in [0.717, 1.165) is 0 Å².